The predicted octanol–water partition coefficient (Wildman–Crippen LogP) is -2.95. The summed E-state index contributed by atoms with van der Waals surface area (Å²) in [5.74, 6) is -0.163. The highest BCUT2D eigenvalue weighted by Crippen LogP contribution is 2.40. The van der Waals surface area contributed by atoms with E-state index in [9.17, 15) is 30.6 Å². The number of hydrogen-bond donors (Lipinski definition) is 7. The Hall–Kier alpha value is -1.94. The molecule has 7 N–H and O–H groups in total. The van der Waals surface area contributed by atoms with Crippen LogP contribution in [0.25, 0.3) is 0 Å². The second kappa shape index (κ2) is 10.3. The highest BCUT2D eigenvalue weighted by atomic mass is 16.7. The quantitative estimate of drug-likeness (QED) is 0.206. The van der Waals surface area contributed by atoms with E-state index in [1.807, 2.05) is 0 Å². The van der Waals surface area contributed by atoms with Gasteiger partial charge in [0, 0.05) is 12.1 Å². The number of rotatable bonds is 8. The third kappa shape index (κ3) is 4.85. The molecule has 32 heavy (non-hydrogen) atoms. The van der Waals surface area contributed by atoms with Gasteiger partial charge in [0.15, 0.2) is 17.8 Å². The molecule has 0 bridgehead atoms. The molecular formula is C19H28O13. The summed E-state index contributed by atoms with van der Waals surface area (Å²) in [6, 6.07) is 2.60. The van der Waals surface area contributed by atoms with Crippen LogP contribution >= 0.6 is 0 Å². The molecule has 0 saturated carbocycles. The average Bonchev–Trinajstić information content (AvgIpc) is 3.07. The molecule has 0 aliphatic carbocycles. The topological polar surface area (TPSA) is 197 Å². The maximum absolute atomic E-state index is 10.3. The van der Waals surface area contributed by atoms with Crippen LogP contribution in [0.1, 0.15) is 0 Å². The Kier molecular flexibility index (Phi) is 7.97. The van der Waals surface area contributed by atoms with Crippen LogP contribution < -0.4 is 14.2 Å². The first-order chi connectivity index (χ1) is 15.2. The van der Waals surface area contributed by atoms with Crippen LogP contribution in [-0.4, -0.2) is 118 Å². The van der Waals surface area contributed by atoms with Gasteiger partial charge in [-0.25, -0.2) is 0 Å². The van der Waals surface area contributed by atoms with Crippen molar-refractivity contribution in [1.29, 1.82) is 0 Å². The number of aliphatic hydroxyl groups excluding tert-OH is 6. The highest BCUT2D eigenvalue weighted by Gasteiger charge is 2.47. The SMILES string of the molecule is COc1cc(OC2OC(COC3OC(CO)C(O)C3O)C(O)C(O)C2O)cc(OC)c1O. The van der Waals surface area contributed by atoms with Crippen molar-refractivity contribution in [3.05, 3.63) is 12.1 Å². The number of ether oxygens (including phenoxy) is 6. The molecule has 2 aliphatic rings. The fourth-order valence-electron chi connectivity index (χ4n) is 3.42. The first-order valence-electron chi connectivity index (χ1n) is 9.77. The Morgan fingerprint density at radius 3 is 1.84 bits per heavy atom. The summed E-state index contributed by atoms with van der Waals surface area (Å²) in [5, 5.41) is 69.6. The number of aromatic hydroxyl groups is 1. The lowest BCUT2D eigenvalue weighted by Gasteiger charge is -2.40. The van der Waals surface area contributed by atoms with E-state index in [-0.39, 0.29) is 23.0 Å². The summed E-state index contributed by atoms with van der Waals surface area (Å²) in [4.78, 5) is 0. The Morgan fingerprint density at radius 2 is 1.31 bits per heavy atom. The summed E-state index contributed by atoms with van der Waals surface area (Å²) in [5.41, 5.74) is 0. The lowest BCUT2D eigenvalue weighted by molar-refractivity contribution is -0.290. The largest absolute Gasteiger partial charge is 0.502 e. The fraction of sp³-hybridized carbons (Fsp3) is 0.684. The molecule has 3 rings (SSSR count). The lowest BCUT2D eigenvalue weighted by atomic mass is 9.99. The van der Waals surface area contributed by atoms with Gasteiger partial charge in [-0.2, -0.15) is 0 Å². The Morgan fingerprint density at radius 1 is 0.781 bits per heavy atom. The molecule has 0 aromatic heterocycles. The van der Waals surface area contributed by atoms with Gasteiger partial charge in [-0.3, -0.25) is 0 Å². The summed E-state index contributed by atoms with van der Waals surface area (Å²) < 4.78 is 31.7. The monoisotopic (exact) mass is 464 g/mol. The lowest BCUT2D eigenvalue weighted by Crippen LogP contribution is -2.60. The third-order valence-electron chi connectivity index (χ3n) is 5.30. The number of phenols is 1. The van der Waals surface area contributed by atoms with Crippen LogP contribution in [-0.2, 0) is 14.2 Å². The Labute approximate surface area is 182 Å². The summed E-state index contributed by atoms with van der Waals surface area (Å²) in [7, 11) is 2.63. The van der Waals surface area contributed by atoms with Crippen molar-refractivity contribution in [2.45, 2.75) is 55.3 Å². The van der Waals surface area contributed by atoms with Crippen molar-refractivity contribution in [1.82, 2.24) is 0 Å². The second-order valence-electron chi connectivity index (χ2n) is 7.35. The van der Waals surface area contributed by atoms with Gasteiger partial charge >= 0.3 is 0 Å². The molecule has 0 radical (unpaired) electrons. The summed E-state index contributed by atoms with van der Waals surface area (Å²) in [6.45, 7) is -0.958. The van der Waals surface area contributed by atoms with Gasteiger partial charge in [-0.05, 0) is 0 Å². The Bertz CT molecular complexity index is 736. The minimum absolute atomic E-state index is 0.0227. The number of benzene rings is 1. The molecule has 9 unspecified atom stereocenters. The van der Waals surface area contributed by atoms with Gasteiger partial charge in [0.1, 0.15) is 48.5 Å². The average molecular weight is 464 g/mol. The number of phenolic OH excluding ortho intramolecular Hbond substituents is 1. The smallest absolute Gasteiger partial charge is 0.229 e. The molecular weight excluding hydrogens is 436 g/mol. The normalized spacial score (nSPS) is 37.3. The van der Waals surface area contributed by atoms with Crippen molar-refractivity contribution in [3.63, 3.8) is 0 Å². The van der Waals surface area contributed by atoms with E-state index >= 15 is 0 Å². The molecule has 182 valence electrons. The zero-order valence-electron chi connectivity index (χ0n) is 17.3. The van der Waals surface area contributed by atoms with Crippen molar-refractivity contribution in [3.8, 4) is 23.0 Å². The van der Waals surface area contributed by atoms with Crippen LogP contribution in [0.3, 0.4) is 0 Å². The molecule has 0 spiro atoms. The highest BCUT2D eigenvalue weighted by molar-refractivity contribution is 5.54. The van der Waals surface area contributed by atoms with Crippen molar-refractivity contribution >= 4 is 0 Å². The Balaban J connectivity index is 1.69. The molecule has 1 aromatic rings. The molecule has 0 amide bonds. The van der Waals surface area contributed by atoms with E-state index in [0.29, 0.717) is 0 Å². The summed E-state index contributed by atoms with van der Waals surface area (Å²) in [6.07, 6.45) is -12.8. The maximum atomic E-state index is 10.3. The van der Waals surface area contributed by atoms with E-state index in [1.165, 1.54) is 26.4 Å². The number of hydrogen-bond acceptors (Lipinski definition) is 13. The standard InChI is InChI=1S/C19H28O13/c1-27-8-3-7(4-9(28-2)12(8)21)30-19-17(26)15(24)14(23)11(32-19)6-29-18-16(25)13(22)10(5-20)31-18/h3-4,10-11,13-26H,5-6H2,1-2H3. The number of methoxy groups -OCH3 is 2. The zero-order valence-corrected chi connectivity index (χ0v) is 17.3. The predicted molar refractivity (Wildman–Crippen MR) is 102 cm³/mol. The van der Waals surface area contributed by atoms with Crippen LogP contribution in [0.5, 0.6) is 23.0 Å². The number of aliphatic hydroxyl groups is 6. The molecule has 2 heterocycles. The van der Waals surface area contributed by atoms with Gasteiger partial charge in [0.2, 0.25) is 12.0 Å². The molecule has 13 heteroatoms. The van der Waals surface area contributed by atoms with Crippen LogP contribution in [0.2, 0.25) is 0 Å². The van der Waals surface area contributed by atoms with Crippen molar-refractivity contribution in [2.24, 2.45) is 0 Å². The molecule has 2 aliphatic heterocycles. The second-order valence-corrected chi connectivity index (χ2v) is 7.35. The molecule has 1 aromatic carbocycles. The van der Waals surface area contributed by atoms with E-state index < -0.39 is 68.5 Å². The fourth-order valence-corrected chi connectivity index (χ4v) is 3.42. The molecule has 2 fully saturated rings. The van der Waals surface area contributed by atoms with Crippen LogP contribution in [0, 0.1) is 0 Å². The van der Waals surface area contributed by atoms with Gasteiger partial charge < -0.3 is 64.2 Å². The van der Waals surface area contributed by atoms with E-state index in [0.717, 1.165) is 0 Å². The molecule has 2 saturated heterocycles. The summed E-state index contributed by atoms with van der Waals surface area (Å²) >= 11 is 0. The minimum atomic E-state index is -1.67. The van der Waals surface area contributed by atoms with Crippen molar-refractivity contribution < 1.29 is 64.2 Å². The van der Waals surface area contributed by atoms with Crippen molar-refractivity contribution in [2.75, 3.05) is 27.4 Å². The minimum Gasteiger partial charge on any atom is -0.502 e. The first kappa shape index (κ1) is 24.7. The van der Waals surface area contributed by atoms with Gasteiger partial charge in [-0.1, -0.05) is 0 Å². The van der Waals surface area contributed by atoms with Crippen LogP contribution in [0.15, 0.2) is 12.1 Å². The van der Waals surface area contributed by atoms with Crippen LogP contribution in [0.4, 0.5) is 0 Å². The van der Waals surface area contributed by atoms with Gasteiger partial charge in [0.05, 0.1) is 27.4 Å². The van der Waals surface area contributed by atoms with E-state index in [2.05, 4.69) is 0 Å². The van der Waals surface area contributed by atoms with Gasteiger partial charge in [0.25, 0.3) is 0 Å². The third-order valence-corrected chi connectivity index (χ3v) is 5.30. The first-order valence-corrected chi connectivity index (χ1v) is 9.77. The molecule has 9 atom stereocenters. The maximum Gasteiger partial charge on any atom is 0.229 e. The molecule has 13 nitrogen and oxygen atoms in total. The van der Waals surface area contributed by atoms with Gasteiger partial charge in [-0.15, -0.1) is 0 Å². The zero-order chi connectivity index (χ0) is 23.6. The van der Waals surface area contributed by atoms with E-state index in [4.69, 9.17) is 33.5 Å². The van der Waals surface area contributed by atoms with E-state index in [1.54, 1.807) is 0 Å².